The predicted molar refractivity (Wildman–Crippen MR) is 92.2 cm³/mol. The maximum absolute atomic E-state index is 14.2. The third kappa shape index (κ3) is 3.21. The summed E-state index contributed by atoms with van der Waals surface area (Å²) < 4.78 is 40.8. The third-order valence-corrected chi connectivity index (χ3v) is 3.76. The molecule has 1 aromatic heterocycles. The lowest BCUT2D eigenvalue weighted by Gasteiger charge is -2.12. The highest BCUT2D eigenvalue weighted by atomic mass is 19.3. The summed E-state index contributed by atoms with van der Waals surface area (Å²) in [6, 6.07) is 9.81. The van der Waals surface area contributed by atoms with Gasteiger partial charge < -0.3 is 11.5 Å². The Balaban J connectivity index is 2.31. The van der Waals surface area contributed by atoms with Gasteiger partial charge in [-0.25, -0.2) is 13.2 Å². The fraction of sp³-hybridized carbons (Fsp3) is 0.0556. The van der Waals surface area contributed by atoms with Crippen molar-refractivity contribution in [3.63, 3.8) is 0 Å². The summed E-state index contributed by atoms with van der Waals surface area (Å²) in [5, 5.41) is 0.360. The number of halogens is 3. The van der Waals surface area contributed by atoms with Gasteiger partial charge in [0.1, 0.15) is 5.82 Å². The number of guanidine groups is 1. The van der Waals surface area contributed by atoms with Crippen LogP contribution >= 0.6 is 0 Å². The van der Waals surface area contributed by atoms with E-state index >= 15 is 0 Å². The van der Waals surface area contributed by atoms with E-state index in [1.165, 1.54) is 36.4 Å². The Morgan fingerprint density at radius 3 is 2.46 bits per heavy atom. The lowest BCUT2D eigenvalue weighted by Crippen LogP contribution is -2.24. The summed E-state index contributed by atoms with van der Waals surface area (Å²) in [5.74, 6) is -1.73. The number of nitrogens with two attached hydrogens (primary N) is 2. The molecule has 26 heavy (non-hydrogen) atoms. The lowest BCUT2D eigenvalue weighted by molar-refractivity contribution is 0.100. The first-order chi connectivity index (χ1) is 12.4. The molecular weight excluding hydrogens is 345 g/mol. The van der Waals surface area contributed by atoms with E-state index in [-0.39, 0.29) is 33.2 Å². The fourth-order valence-electron chi connectivity index (χ4n) is 2.62. The second-order valence-electron chi connectivity index (χ2n) is 5.44. The van der Waals surface area contributed by atoms with Crippen molar-refractivity contribution in [2.24, 2.45) is 16.5 Å². The Bertz CT molecular complexity index is 1030. The fourth-order valence-corrected chi connectivity index (χ4v) is 2.62. The van der Waals surface area contributed by atoms with Crippen molar-refractivity contribution in [1.82, 2.24) is 4.98 Å². The van der Waals surface area contributed by atoms with Crippen LogP contribution in [0.4, 0.5) is 13.2 Å². The van der Waals surface area contributed by atoms with Crippen LogP contribution in [0, 0.1) is 5.82 Å². The molecule has 3 aromatic rings. The van der Waals surface area contributed by atoms with Gasteiger partial charge in [0.15, 0.2) is 5.96 Å². The van der Waals surface area contributed by atoms with Crippen LogP contribution in [0.1, 0.15) is 22.3 Å². The van der Waals surface area contributed by atoms with Crippen molar-refractivity contribution in [3.8, 4) is 11.3 Å². The largest absolute Gasteiger partial charge is 0.370 e. The smallest absolute Gasteiger partial charge is 0.280 e. The number of pyridine rings is 1. The average Bonchev–Trinajstić information content (AvgIpc) is 2.60. The molecule has 0 atom stereocenters. The van der Waals surface area contributed by atoms with Crippen molar-refractivity contribution >= 4 is 22.6 Å². The van der Waals surface area contributed by atoms with Crippen molar-refractivity contribution in [1.29, 1.82) is 0 Å². The number of fused-ring (bicyclic) bond motifs is 1. The van der Waals surface area contributed by atoms with Gasteiger partial charge in [-0.1, -0.05) is 18.2 Å². The summed E-state index contributed by atoms with van der Waals surface area (Å²) in [7, 11) is 0. The van der Waals surface area contributed by atoms with Gasteiger partial charge in [-0.15, -0.1) is 0 Å². The average molecular weight is 358 g/mol. The molecule has 0 aliphatic rings. The molecule has 0 spiro atoms. The number of rotatable bonds is 3. The molecule has 3 rings (SSSR count). The Labute approximate surface area is 146 Å². The number of aromatic nitrogens is 1. The summed E-state index contributed by atoms with van der Waals surface area (Å²) in [4.78, 5) is 19.5. The SMILES string of the molecule is NC(N)=NC(=O)c1ccc2c(C(F)F)cnc(-c3ccccc3F)c2c1. The van der Waals surface area contributed by atoms with Crippen LogP contribution in [0.25, 0.3) is 22.0 Å². The van der Waals surface area contributed by atoms with Gasteiger partial charge in [0, 0.05) is 28.3 Å². The summed E-state index contributed by atoms with van der Waals surface area (Å²) >= 11 is 0. The van der Waals surface area contributed by atoms with Gasteiger partial charge in [0.25, 0.3) is 12.3 Å². The number of aliphatic imine (C=N–C) groups is 1. The van der Waals surface area contributed by atoms with Crippen LogP contribution in [0.5, 0.6) is 0 Å². The number of alkyl halides is 2. The van der Waals surface area contributed by atoms with Crippen LogP contribution in [0.3, 0.4) is 0 Å². The van der Waals surface area contributed by atoms with Gasteiger partial charge in [-0.3, -0.25) is 9.78 Å². The minimum absolute atomic E-state index is 0.0664. The number of hydrogen-bond acceptors (Lipinski definition) is 2. The van der Waals surface area contributed by atoms with Crippen LogP contribution in [0.15, 0.2) is 53.7 Å². The maximum atomic E-state index is 14.2. The topological polar surface area (TPSA) is 94.4 Å². The molecule has 1 heterocycles. The van der Waals surface area contributed by atoms with Gasteiger partial charge in [-0.05, 0) is 29.7 Å². The Kier molecular flexibility index (Phi) is 4.57. The molecule has 0 fully saturated rings. The first kappa shape index (κ1) is 17.4. The molecule has 0 unspecified atom stereocenters. The number of hydrogen-bond donors (Lipinski definition) is 2. The van der Waals surface area contributed by atoms with Gasteiger partial charge in [0.05, 0.1) is 5.69 Å². The minimum atomic E-state index is -2.78. The Hall–Kier alpha value is -3.42. The Morgan fingerprint density at radius 2 is 1.81 bits per heavy atom. The second kappa shape index (κ2) is 6.83. The molecule has 0 radical (unpaired) electrons. The van der Waals surface area contributed by atoms with Crippen molar-refractivity contribution in [2.75, 3.05) is 0 Å². The first-order valence-corrected chi connectivity index (χ1v) is 7.48. The molecular formula is C18H13F3N4O. The molecule has 8 heteroatoms. The summed E-state index contributed by atoms with van der Waals surface area (Å²) in [6.07, 6.45) is -1.77. The summed E-state index contributed by atoms with van der Waals surface area (Å²) in [6.45, 7) is 0. The molecule has 132 valence electrons. The first-order valence-electron chi connectivity index (χ1n) is 7.48. The molecule has 0 saturated carbocycles. The molecule has 1 amide bonds. The zero-order chi connectivity index (χ0) is 18.8. The minimum Gasteiger partial charge on any atom is -0.370 e. The molecule has 0 aliphatic carbocycles. The number of amides is 1. The van der Waals surface area contributed by atoms with E-state index in [2.05, 4.69) is 9.98 Å². The quantitative estimate of drug-likeness (QED) is 0.554. The molecule has 0 saturated heterocycles. The molecule has 5 nitrogen and oxygen atoms in total. The standard InChI is InChI=1S/C18H13F3N4O/c19-14-4-2-1-3-11(14)15-12-7-9(17(26)25-18(22)23)5-6-10(12)13(8-24-15)16(20)21/h1-8,16H,(H4,22,23,25,26). The van der Waals surface area contributed by atoms with Crippen molar-refractivity contribution in [3.05, 3.63) is 65.6 Å². The van der Waals surface area contributed by atoms with Crippen molar-refractivity contribution < 1.29 is 18.0 Å². The molecule has 0 aliphatic heterocycles. The van der Waals surface area contributed by atoms with Crippen LogP contribution in [0.2, 0.25) is 0 Å². The number of carbonyl (C=O) groups is 1. The Morgan fingerprint density at radius 1 is 1.08 bits per heavy atom. The van der Waals surface area contributed by atoms with E-state index in [9.17, 15) is 18.0 Å². The molecule has 2 aromatic carbocycles. The zero-order valence-electron chi connectivity index (χ0n) is 13.3. The van der Waals surface area contributed by atoms with E-state index < -0.39 is 24.1 Å². The highest BCUT2D eigenvalue weighted by molar-refractivity contribution is 6.06. The van der Waals surface area contributed by atoms with Gasteiger partial charge >= 0.3 is 0 Å². The normalized spacial score (nSPS) is 10.9. The number of carbonyl (C=O) groups excluding carboxylic acids is 1. The highest BCUT2D eigenvalue weighted by Gasteiger charge is 2.18. The molecule has 4 N–H and O–H groups in total. The van der Waals surface area contributed by atoms with E-state index in [0.29, 0.717) is 0 Å². The summed E-state index contributed by atoms with van der Waals surface area (Å²) in [5.41, 5.74) is 10.4. The predicted octanol–water partition coefficient (Wildman–Crippen LogP) is 3.39. The third-order valence-electron chi connectivity index (χ3n) is 3.76. The van der Waals surface area contributed by atoms with Gasteiger partial charge in [0.2, 0.25) is 0 Å². The van der Waals surface area contributed by atoms with E-state index in [4.69, 9.17) is 11.5 Å². The second-order valence-corrected chi connectivity index (χ2v) is 5.44. The van der Waals surface area contributed by atoms with E-state index in [1.807, 2.05) is 0 Å². The van der Waals surface area contributed by atoms with E-state index in [0.717, 1.165) is 6.20 Å². The molecule has 0 bridgehead atoms. The van der Waals surface area contributed by atoms with Crippen LogP contribution in [-0.4, -0.2) is 16.9 Å². The monoisotopic (exact) mass is 358 g/mol. The van der Waals surface area contributed by atoms with Crippen LogP contribution in [-0.2, 0) is 0 Å². The van der Waals surface area contributed by atoms with Crippen molar-refractivity contribution in [2.45, 2.75) is 6.43 Å². The van der Waals surface area contributed by atoms with Gasteiger partial charge in [-0.2, -0.15) is 4.99 Å². The highest BCUT2D eigenvalue weighted by Crippen LogP contribution is 2.34. The maximum Gasteiger partial charge on any atom is 0.280 e. The lowest BCUT2D eigenvalue weighted by atomic mass is 9.98. The zero-order valence-corrected chi connectivity index (χ0v) is 13.3. The van der Waals surface area contributed by atoms with E-state index in [1.54, 1.807) is 6.07 Å². The van der Waals surface area contributed by atoms with Crippen LogP contribution < -0.4 is 11.5 Å². The number of benzene rings is 2. The number of nitrogens with zero attached hydrogens (tertiary/aromatic N) is 2.